The van der Waals surface area contributed by atoms with E-state index in [1.54, 1.807) is 0 Å². The van der Waals surface area contributed by atoms with Crippen LogP contribution in [0.2, 0.25) is 0 Å². The lowest BCUT2D eigenvalue weighted by molar-refractivity contribution is -0.148. The van der Waals surface area contributed by atoms with Gasteiger partial charge in [0.2, 0.25) is 5.91 Å². The van der Waals surface area contributed by atoms with Gasteiger partial charge in [0.15, 0.2) is 0 Å². The second kappa shape index (κ2) is 6.11. The minimum absolute atomic E-state index is 0.220. The van der Waals surface area contributed by atoms with E-state index in [0.717, 1.165) is 12.8 Å². The van der Waals surface area contributed by atoms with Gasteiger partial charge in [0.1, 0.15) is 0 Å². The summed E-state index contributed by atoms with van der Waals surface area (Å²) in [6.45, 7) is 0.304. The molecule has 0 saturated heterocycles. The lowest BCUT2D eigenvalue weighted by Gasteiger charge is -2.27. The summed E-state index contributed by atoms with van der Waals surface area (Å²) in [6.07, 6.45) is 3.25. The number of carboxylic acids is 1. The number of carbonyl (C=O) groups excluding carboxylic acids is 1. The molecule has 0 aromatic rings. The Hall–Kier alpha value is -1.57. The summed E-state index contributed by atoms with van der Waals surface area (Å²) >= 11 is 0. The molecule has 0 aliphatic heterocycles. The van der Waals surface area contributed by atoms with Crippen molar-refractivity contribution in [1.29, 1.82) is 5.26 Å². The van der Waals surface area contributed by atoms with Gasteiger partial charge in [0.05, 0.1) is 24.3 Å². The number of rotatable bonds is 4. The van der Waals surface area contributed by atoms with Crippen LogP contribution in [0.15, 0.2) is 0 Å². The summed E-state index contributed by atoms with van der Waals surface area (Å²) in [5, 5.41) is 19.9. The molecule has 1 saturated carbocycles. The van der Waals surface area contributed by atoms with Crippen LogP contribution in [0.25, 0.3) is 0 Å². The predicted molar refractivity (Wildman–Crippen MR) is 56.3 cm³/mol. The molecule has 0 aromatic heterocycles. The molecular weight excluding hydrogens is 208 g/mol. The maximum absolute atomic E-state index is 11.7. The predicted octanol–water partition coefficient (Wildman–Crippen LogP) is 0.907. The number of nitrogens with one attached hydrogen (secondary N) is 1. The standard InChI is InChI=1S/C11H16N2O3/c12-6-3-7-13-10(14)8-4-1-2-5-9(8)11(15)16/h8-9H,1-5,7H2,(H,13,14)(H,15,16)/t8-,9+/m1/s1. The molecule has 0 bridgehead atoms. The molecule has 1 aliphatic rings. The van der Waals surface area contributed by atoms with Crippen molar-refractivity contribution in [1.82, 2.24) is 5.32 Å². The van der Waals surface area contributed by atoms with Crippen molar-refractivity contribution in [2.45, 2.75) is 32.1 Å². The number of aliphatic carboxylic acids is 1. The van der Waals surface area contributed by atoms with Crippen molar-refractivity contribution in [2.24, 2.45) is 11.8 Å². The third-order valence-electron chi connectivity index (χ3n) is 2.96. The van der Waals surface area contributed by atoms with Crippen LogP contribution in [-0.4, -0.2) is 23.5 Å². The van der Waals surface area contributed by atoms with Crippen molar-refractivity contribution >= 4 is 11.9 Å². The van der Waals surface area contributed by atoms with Crippen LogP contribution in [0.1, 0.15) is 32.1 Å². The fourth-order valence-electron chi connectivity index (χ4n) is 2.11. The van der Waals surface area contributed by atoms with Gasteiger partial charge in [-0.25, -0.2) is 0 Å². The van der Waals surface area contributed by atoms with Crippen molar-refractivity contribution in [3.8, 4) is 6.07 Å². The smallest absolute Gasteiger partial charge is 0.307 e. The Morgan fingerprint density at radius 1 is 1.31 bits per heavy atom. The Labute approximate surface area is 94.4 Å². The number of nitriles is 1. The van der Waals surface area contributed by atoms with Gasteiger partial charge in [-0.15, -0.1) is 0 Å². The minimum atomic E-state index is -0.889. The number of carbonyl (C=O) groups is 2. The van der Waals surface area contributed by atoms with E-state index in [4.69, 9.17) is 10.4 Å². The van der Waals surface area contributed by atoms with E-state index in [1.165, 1.54) is 0 Å². The van der Waals surface area contributed by atoms with E-state index in [0.29, 0.717) is 19.4 Å². The summed E-state index contributed by atoms with van der Waals surface area (Å²) in [6, 6.07) is 1.93. The molecular formula is C11H16N2O3. The molecule has 5 nitrogen and oxygen atoms in total. The van der Waals surface area contributed by atoms with Crippen LogP contribution < -0.4 is 5.32 Å². The zero-order valence-corrected chi connectivity index (χ0v) is 9.11. The summed E-state index contributed by atoms with van der Waals surface area (Å²) in [5.74, 6) is -2.09. The third-order valence-corrected chi connectivity index (χ3v) is 2.96. The first-order chi connectivity index (χ1) is 7.66. The van der Waals surface area contributed by atoms with E-state index >= 15 is 0 Å². The second-order valence-corrected chi connectivity index (χ2v) is 4.03. The van der Waals surface area contributed by atoms with Gasteiger partial charge in [-0.3, -0.25) is 9.59 Å². The third kappa shape index (κ3) is 3.23. The van der Waals surface area contributed by atoms with Gasteiger partial charge in [-0.1, -0.05) is 12.8 Å². The maximum atomic E-state index is 11.7. The Bertz CT molecular complexity index is 309. The summed E-state index contributed by atoms with van der Waals surface area (Å²) in [4.78, 5) is 22.7. The summed E-state index contributed by atoms with van der Waals surface area (Å²) < 4.78 is 0. The van der Waals surface area contributed by atoms with Gasteiger partial charge in [-0.2, -0.15) is 5.26 Å². The number of amides is 1. The molecule has 2 N–H and O–H groups in total. The SMILES string of the molecule is N#CCCNC(=O)[C@@H]1CCCC[C@@H]1C(=O)O. The topological polar surface area (TPSA) is 90.2 Å². The molecule has 0 spiro atoms. The average Bonchev–Trinajstić information content (AvgIpc) is 2.29. The van der Waals surface area contributed by atoms with Crippen LogP contribution in [-0.2, 0) is 9.59 Å². The fourth-order valence-corrected chi connectivity index (χ4v) is 2.11. The summed E-state index contributed by atoms with van der Waals surface area (Å²) in [7, 11) is 0. The first-order valence-corrected chi connectivity index (χ1v) is 5.54. The van der Waals surface area contributed by atoms with E-state index in [-0.39, 0.29) is 12.3 Å². The largest absolute Gasteiger partial charge is 0.481 e. The summed E-state index contributed by atoms with van der Waals surface area (Å²) in [5.41, 5.74) is 0. The van der Waals surface area contributed by atoms with Gasteiger partial charge < -0.3 is 10.4 Å². The molecule has 0 aromatic carbocycles. The molecule has 1 amide bonds. The Kier molecular flexibility index (Phi) is 4.77. The molecule has 1 fully saturated rings. The van der Waals surface area contributed by atoms with Gasteiger partial charge >= 0.3 is 5.97 Å². The monoisotopic (exact) mass is 224 g/mol. The highest BCUT2D eigenvalue weighted by molar-refractivity contribution is 5.84. The van der Waals surface area contributed by atoms with Crippen LogP contribution in [0.4, 0.5) is 0 Å². The molecule has 1 rings (SSSR count). The normalized spacial score (nSPS) is 24.4. The molecule has 16 heavy (non-hydrogen) atoms. The first-order valence-electron chi connectivity index (χ1n) is 5.54. The van der Waals surface area contributed by atoms with Gasteiger partial charge in [0.25, 0.3) is 0 Å². The van der Waals surface area contributed by atoms with Crippen molar-refractivity contribution in [3.05, 3.63) is 0 Å². The number of hydrogen-bond donors (Lipinski definition) is 2. The van der Waals surface area contributed by atoms with Gasteiger partial charge in [-0.05, 0) is 12.8 Å². The van der Waals surface area contributed by atoms with Gasteiger partial charge in [0, 0.05) is 6.54 Å². The molecule has 88 valence electrons. The zero-order chi connectivity index (χ0) is 12.0. The lowest BCUT2D eigenvalue weighted by atomic mass is 9.79. The van der Waals surface area contributed by atoms with Crippen LogP contribution in [0.5, 0.6) is 0 Å². The quantitative estimate of drug-likeness (QED) is 0.694. The minimum Gasteiger partial charge on any atom is -0.481 e. The molecule has 0 radical (unpaired) electrons. The highest BCUT2D eigenvalue weighted by atomic mass is 16.4. The van der Waals surface area contributed by atoms with Crippen LogP contribution in [0, 0.1) is 23.2 Å². The van der Waals surface area contributed by atoms with E-state index < -0.39 is 17.8 Å². The van der Waals surface area contributed by atoms with E-state index in [1.807, 2.05) is 6.07 Å². The molecule has 2 atom stereocenters. The highest BCUT2D eigenvalue weighted by Crippen LogP contribution is 2.30. The van der Waals surface area contributed by atoms with Crippen molar-refractivity contribution < 1.29 is 14.7 Å². The second-order valence-electron chi connectivity index (χ2n) is 4.03. The average molecular weight is 224 g/mol. The van der Waals surface area contributed by atoms with Crippen molar-refractivity contribution in [2.75, 3.05) is 6.54 Å². The zero-order valence-electron chi connectivity index (χ0n) is 9.11. The number of nitrogens with zero attached hydrogens (tertiary/aromatic N) is 1. The molecule has 0 unspecified atom stereocenters. The molecule has 1 aliphatic carbocycles. The van der Waals surface area contributed by atoms with Crippen molar-refractivity contribution in [3.63, 3.8) is 0 Å². The number of carboxylic acid groups (broad SMARTS) is 1. The lowest BCUT2D eigenvalue weighted by Crippen LogP contribution is -2.40. The fraction of sp³-hybridized carbons (Fsp3) is 0.727. The van der Waals surface area contributed by atoms with E-state index in [2.05, 4.69) is 5.32 Å². The Morgan fingerprint density at radius 2 is 1.94 bits per heavy atom. The number of hydrogen-bond acceptors (Lipinski definition) is 3. The molecule has 5 heteroatoms. The Morgan fingerprint density at radius 3 is 2.50 bits per heavy atom. The van der Waals surface area contributed by atoms with E-state index in [9.17, 15) is 9.59 Å². The molecule has 0 heterocycles. The highest BCUT2D eigenvalue weighted by Gasteiger charge is 2.35. The maximum Gasteiger partial charge on any atom is 0.307 e. The first kappa shape index (κ1) is 12.5. The van der Waals surface area contributed by atoms with Crippen LogP contribution >= 0.6 is 0 Å². The van der Waals surface area contributed by atoms with Crippen LogP contribution in [0.3, 0.4) is 0 Å². The Balaban J connectivity index is 2.51.